The fraction of sp³-hybridized carbons (Fsp3) is 0.692. The highest BCUT2D eigenvalue weighted by molar-refractivity contribution is 7.89. The smallest absolute Gasteiger partial charge is 0.241 e. The number of thiophene rings is 1. The molecule has 0 saturated heterocycles. The summed E-state index contributed by atoms with van der Waals surface area (Å²) in [5.74, 6) is 0.509. The van der Waals surface area contributed by atoms with Crippen LogP contribution >= 0.6 is 11.3 Å². The van der Waals surface area contributed by atoms with Crippen molar-refractivity contribution in [2.75, 3.05) is 6.54 Å². The summed E-state index contributed by atoms with van der Waals surface area (Å²) < 4.78 is 27.3. The Morgan fingerprint density at radius 1 is 1.47 bits per heavy atom. The van der Waals surface area contributed by atoms with Crippen LogP contribution in [-0.4, -0.2) is 21.0 Å². The summed E-state index contributed by atoms with van der Waals surface area (Å²) in [6.07, 6.45) is 3.50. The molecule has 4 nitrogen and oxygen atoms in total. The predicted molar refractivity (Wildman–Crippen MR) is 78.8 cm³/mol. The first-order valence-corrected chi connectivity index (χ1v) is 9.19. The third kappa shape index (κ3) is 3.78. The first kappa shape index (κ1) is 15.0. The van der Waals surface area contributed by atoms with Crippen LogP contribution in [0.3, 0.4) is 0 Å². The molecule has 1 saturated carbocycles. The van der Waals surface area contributed by atoms with Crippen LogP contribution in [0, 0.1) is 5.92 Å². The van der Waals surface area contributed by atoms with Gasteiger partial charge in [-0.15, -0.1) is 11.3 Å². The quantitative estimate of drug-likeness (QED) is 0.812. The first-order chi connectivity index (χ1) is 9.03. The summed E-state index contributed by atoms with van der Waals surface area (Å²) in [5, 5.41) is 4.93. The molecule has 0 spiro atoms. The van der Waals surface area contributed by atoms with E-state index < -0.39 is 10.0 Å². The van der Waals surface area contributed by atoms with Gasteiger partial charge in [-0.2, -0.15) is 0 Å². The van der Waals surface area contributed by atoms with Crippen LogP contribution in [-0.2, 0) is 16.6 Å². The molecular weight excluding hydrogens is 280 g/mol. The summed E-state index contributed by atoms with van der Waals surface area (Å²) in [4.78, 5) is 1.45. The van der Waals surface area contributed by atoms with Gasteiger partial charge in [0.2, 0.25) is 10.0 Å². The highest BCUT2D eigenvalue weighted by atomic mass is 32.2. The van der Waals surface area contributed by atoms with Crippen LogP contribution in [0.1, 0.15) is 38.0 Å². The fourth-order valence-electron chi connectivity index (χ4n) is 2.19. The van der Waals surface area contributed by atoms with Crippen LogP contribution in [0.5, 0.6) is 0 Å². The van der Waals surface area contributed by atoms with E-state index in [9.17, 15) is 8.42 Å². The van der Waals surface area contributed by atoms with E-state index in [0.717, 1.165) is 30.8 Å². The molecule has 0 amide bonds. The van der Waals surface area contributed by atoms with Crippen molar-refractivity contribution in [1.29, 1.82) is 0 Å². The minimum absolute atomic E-state index is 0.0378. The second kappa shape index (κ2) is 6.35. The largest absolute Gasteiger partial charge is 0.312 e. The van der Waals surface area contributed by atoms with Gasteiger partial charge in [0, 0.05) is 22.8 Å². The Bertz CT molecular complexity index is 506. The van der Waals surface area contributed by atoms with Crippen molar-refractivity contribution >= 4 is 21.4 Å². The lowest BCUT2D eigenvalue weighted by Crippen LogP contribution is -2.40. The van der Waals surface area contributed by atoms with Gasteiger partial charge in [-0.25, -0.2) is 13.1 Å². The van der Waals surface area contributed by atoms with E-state index in [1.54, 1.807) is 11.4 Å². The summed E-state index contributed by atoms with van der Waals surface area (Å²) in [5.41, 5.74) is 0. The Kier molecular flexibility index (Phi) is 5.00. The zero-order chi connectivity index (χ0) is 13.9. The van der Waals surface area contributed by atoms with Gasteiger partial charge < -0.3 is 5.32 Å². The maximum absolute atomic E-state index is 12.2. The molecule has 19 heavy (non-hydrogen) atoms. The summed E-state index contributed by atoms with van der Waals surface area (Å²) >= 11 is 1.49. The average molecular weight is 302 g/mol. The molecule has 6 heteroatoms. The maximum Gasteiger partial charge on any atom is 0.241 e. The Morgan fingerprint density at radius 3 is 2.79 bits per heavy atom. The predicted octanol–water partition coefficient (Wildman–Crippen LogP) is 2.32. The molecule has 0 radical (unpaired) electrons. The molecule has 1 unspecified atom stereocenters. The van der Waals surface area contributed by atoms with Crippen molar-refractivity contribution in [2.24, 2.45) is 5.92 Å². The third-order valence-corrected chi connectivity index (χ3v) is 6.31. The van der Waals surface area contributed by atoms with Crippen molar-refractivity contribution in [3.05, 3.63) is 16.3 Å². The molecule has 1 atom stereocenters. The van der Waals surface area contributed by atoms with E-state index in [1.165, 1.54) is 17.8 Å². The number of hydrogen-bond acceptors (Lipinski definition) is 4. The van der Waals surface area contributed by atoms with E-state index in [2.05, 4.69) is 10.0 Å². The standard InChI is InChI=1S/C13H22N2O2S2/c1-3-14-8-12-7-13(9-18-12)19(16,17)15-10(2)11-5-4-6-11/h7,9-11,14-15H,3-6,8H2,1-2H3. The Hall–Kier alpha value is -0.430. The van der Waals surface area contributed by atoms with Crippen molar-refractivity contribution in [1.82, 2.24) is 10.0 Å². The summed E-state index contributed by atoms with van der Waals surface area (Å²) in [6.45, 7) is 5.62. The lowest BCUT2D eigenvalue weighted by atomic mass is 9.81. The van der Waals surface area contributed by atoms with Crippen molar-refractivity contribution in [2.45, 2.75) is 50.6 Å². The molecule has 2 N–H and O–H groups in total. The normalized spacial score (nSPS) is 18.2. The summed E-state index contributed by atoms with van der Waals surface area (Å²) in [6, 6.07) is 1.80. The van der Waals surface area contributed by atoms with Crippen LogP contribution in [0.2, 0.25) is 0 Å². The van der Waals surface area contributed by atoms with Crippen LogP contribution < -0.4 is 10.0 Å². The van der Waals surface area contributed by atoms with Crippen LogP contribution in [0.25, 0.3) is 0 Å². The molecule has 1 aromatic rings. The molecule has 1 aromatic heterocycles. The Labute approximate surface area is 119 Å². The van der Waals surface area contributed by atoms with Gasteiger partial charge in [0.05, 0.1) is 4.90 Å². The van der Waals surface area contributed by atoms with Crippen molar-refractivity contribution in [3.8, 4) is 0 Å². The van der Waals surface area contributed by atoms with Gasteiger partial charge in [-0.05, 0) is 38.3 Å². The van der Waals surface area contributed by atoms with Crippen molar-refractivity contribution in [3.63, 3.8) is 0 Å². The minimum atomic E-state index is -3.35. The van der Waals surface area contributed by atoms with E-state index in [-0.39, 0.29) is 6.04 Å². The van der Waals surface area contributed by atoms with E-state index in [0.29, 0.717) is 10.8 Å². The average Bonchev–Trinajstić information content (AvgIpc) is 2.72. The number of rotatable bonds is 7. The number of hydrogen-bond donors (Lipinski definition) is 2. The molecule has 2 rings (SSSR count). The highest BCUT2D eigenvalue weighted by Crippen LogP contribution is 2.30. The minimum Gasteiger partial charge on any atom is -0.312 e. The van der Waals surface area contributed by atoms with E-state index >= 15 is 0 Å². The molecule has 0 aromatic carbocycles. The second-order valence-electron chi connectivity index (χ2n) is 5.13. The topological polar surface area (TPSA) is 58.2 Å². The van der Waals surface area contributed by atoms with Gasteiger partial charge >= 0.3 is 0 Å². The Balaban J connectivity index is 1.99. The van der Waals surface area contributed by atoms with Crippen LogP contribution in [0.15, 0.2) is 16.3 Å². The maximum atomic E-state index is 12.2. The molecule has 1 heterocycles. The molecule has 0 aliphatic heterocycles. The second-order valence-corrected chi connectivity index (χ2v) is 7.84. The third-order valence-electron chi connectivity index (χ3n) is 3.69. The lowest BCUT2D eigenvalue weighted by molar-refractivity contribution is 0.260. The number of nitrogens with one attached hydrogen (secondary N) is 2. The zero-order valence-electron chi connectivity index (χ0n) is 11.5. The highest BCUT2D eigenvalue weighted by Gasteiger charge is 2.28. The van der Waals surface area contributed by atoms with E-state index in [4.69, 9.17) is 0 Å². The Morgan fingerprint density at radius 2 is 2.21 bits per heavy atom. The zero-order valence-corrected chi connectivity index (χ0v) is 13.1. The van der Waals surface area contributed by atoms with E-state index in [1.807, 2.05) is 13.8 Å². The first-order valence-electron chi connectivity index (χ1n) is 6.83. The van der Waals surface area contributed by atoms with Gasteiger partial charge in [0.15, 0.2) is 0 Å². The molecule has 1 aliphatic rings. The summed E-state index contributed by atoms with van der Waals surface area (Å²) in [7, 11) is -3.35. The molecule has 1 fully saturated rings. The number of sulfonamides is 1. The van der Waals surface area contributed by atoms with Gasteiger partial charge in [-0.1, -0.05) is 13.3 Å². The molecule has 0 bridgehead atoms. The lowest BCUT2D eigenvalue weighted by Gasteiger charge is -2.31. The molecular formula is C13H22N2O2S2. The van der Waals surface area contributed by atoms with Crippen LogP contribution in [0.4, 0.5) is 0 Å². The van der Waals surface area contributed by atoms with Crippen molar-refractivity contribution < 1.29 is 8.42 Å². The fourth-order valence-corrected chi connectivity index (χ4v) is 4.75. The molecule has 108 valence electrons. The van der Waals surface area contributed by atoms with Gasteiger partial charge in [-0.3, -0.25) is 0 Å². The van der Waals surface area contributed by atoms with Gasteiger partial charge in [0.25, 0.3) is 0 Å². The SMILES string of the molecule is CCNCc1cc(S(=O)(=O)NC(C)C2CCC2)cs1. The molecule has 1 aliphatic carbocycles. The van der Waals surface area contributed by atoms with Gasteiger partial charge in [0.1, 0.15) is 0 Å². The monoisotopic (exact) mass is 302 g/mol.